The van der Waals surface area contributed by atoms with E-state index in [1.807, 2.05) is 0 Å². The molecular weight excluding hydrogens is 307 g/mol. The summed E-state index contributed by atoms with van der Waals surface area (Å²) in [5, 5.41) is 7.18. The highest BCUT2D eigenvalue weighted by Crippen LogP contribution is 2.27. The molecule has 1 rings (SSSR count). The van der Waals surface area contributed by atoms with Crippen molar-refractivity contribution in [3.63, 3.8) is 0 Å². The minimum Gasteiger partial charge on any atom is -0.406 e. The summed E-state index contributed by atoms with van der Waals surface area (Å²) in [5.74, 6) is -1.22. The van der Waals surface area contributed by atoms with Crippen LogP contribution < -0.4 is 4.74 Å². The summed E-state index contributed by atoms with van der Waals surface area (Å²) in [7, 11) is 1.30. The van der Waals surface area contributed by atoms with Crippen molar-refractivity contribution in [3.05, 3.63) is 35.5 Å². The molecule has 0 saturated heterocycles. The van der Waals surface area contributed by atoms with Crippen LogP contribution in [0, 0.1) is 12.3 Å². The average Bonchev–Trinajstić information content (AvgIpc) is 2.35. The van der Waals surface area contributed by atoms with Crippen molar-refractivity contribution in [2.45, 2.75) is 26.6 Å². The summed E-state index contributed by atoms with van der Waals surface area (Å²) < 4.78 is 65.0. The van der Waals surface area contributed by atoms with Crippen LogP contribution in [0.1, 0.15) is 18.1 Å². The molecule has 0 fully saturated rings. The molecule has 0 aliphatic heterocycles. The quantitative estimate of drug-likeness (QED) is 0.506. The van der Waals surface area contributed by atoms with Crippen molar-refractivity contribution in [1.29, 1.82) is 5.41 Å². The lowest BCUT2D eigenvalue weighted by atomic mass is 10.0. The van der Waals surface area contributed by atoms with E-state index in [1.54, 1.807) is 13.8 Å². The topological polar surface area (TPSA) is 36.3 Å². The van der Waals surface area contributed by atoms with Crippen LogP contribution in [0.5, 0.6) is 5.75 Å². The second kappa shape index (κ2) is 6.76. The molecule has 1 aromatic rings. The van der Waals surface area contributed by atoms with E-state index in [2.05, 4.69) is 4.74 Å². The van der Waals surface area contributed by atoms with E-state index in [-0.39, 0.29) is 5.75 Å². The summed E-state index contributed by atoms with van der Waals surface area (Å²) in [6, 6.07) is 3.76. The van der Waals surface area contributed by atoms with E-state index in [9.17, 15) is 22.0 Å². The number of aryl methyl sites for hydroxylation is 1. The van der Waals surface area contributed by atoms with Crippen molar-refractivity contribution >= 4 is 11.4 Å². The Bertz CT molecular complexity index is 581. The van der Waals surface area contributed by atoms with E-state index in [0.717, 1.165) is 11.0 Å². The molecule has 22 heavy (non-hydrogen) atoms. The molecule has 0 atom stereocenters. The van der Waals surface area contributed by atoms with Crippen molar-refractivity contribution in [2.75, 3.05) is 7.05 Å². The SMILES string of the molecule is C/C(=C\N(C)C(=N)C(F)F)c1ccc(OC(F)(F)F)cc1C. The molecule has 0 aromatic heterocycles. The normalized spacial score (nSPS) is 12.5. The highest BCUT2D eigenvalue weighted by Gasteiger charge is 2.31. The molecule has 122 valence electrons. The summed E-state index contributed by atoms with van der Waals surface area (Å²) in [4.78, 5) is 0.958. The van der Waals surface area contributed by atoms with Gasteiger partial charge in [0.2, 0.25) is 0 Å². The van der Waals surface area contributed by atoms with E-state index in [4.69, 9.17) is 5.41 Å². The molecule has 0 saturated carbocycles. The lowest BCUT2D eigenvalue weighted by Crippen LogP contribution is -2.27. The van der Waals surface area contributed by atoms with Crippen LogP contribution in [-0.2, 0) is 0 Å². The number of benzene rings is 1. The van der Waals surface area contributed by atoms with E-state index < -0.39 is 18.6 Å². The predicted molar refractivity (Wildman–Crippen MR) is 73.0 cm³/mol. The maximum absolute atomic E-state index is 12.4. The van der Waals surface area contributed by atoms with Gasteiger partial charge in [0.15, 0.2) is 5.84 Å². The highest BCUT2D eigenvalue weighted by molar-refractivity contribution is 5.84. The minimum absolute atomic E-state index is 0.352. The maximum atomic E-state index is 12.4. The summed E-state index contributed by atoms with van der Waals surface area (Å²) in [6.07, 6.45) is -6.36. The van der Waals surface area contributed by atoms with E-state index in [0.29, 0.717) is 16.7 Å². The molecule has 0 bridgehead atoms. The van der Waals surface area contributed by atoms with Gasteiger partial charge < -0.3 is 9.64 Å². The molecule has 0 aliphatic rings. The summed E-state index contributed by atoms with van der Waals surface area (Å²) in [5.41, 5.74) is 1.60. The fourth-order valence-electron chi connectivity index (χ4n) is 1.86. The van der Waals surface area contributed by atoms with Crippen LogP contribution in [0.15, 0.2) is 24.4 Å². The van der Waals surface area contributed by atoms with Crippen LogP contribution in [0.25, 0.3) is 5.57 Å². The molecule has 0 unspecified atom stereocenters. The van der Waals surface area contributed by atoms with Crippen LogP contribution in [0.2, 0.25) is 0 Å². The molecule has 1 N–H and O–H groups in total. The van der Waals surface area contributed by atoms with Gasteiger partial charge in [0.1, 0.15) is 5.75 Å². The first-order valence-electron chi connectivity index (χ1n) is 6.16. The van der Waals surface area contributed by atoms with Crippen molar-refractivity contribution in [1.82, 2.24) is 4.90 Å². The lowest BCUT2D eigenvalue weighted by Gasteiger charge is -2.17. The minimum atomic E-state index is -4.77. The first kappa shape index (κ1) is 17.9. The van der Waals surface area contributed by atoms with Gasteiger partial charge in [-0.2, -0.15) is 0 Å². The fourth-order valence-corrected chi connectivity index (χ4v) is 1.86. The molecule has 0 radical (unpaired) electrons. The molecule has 0 amide bonds. The van der Waals surface area contributed by atoms with Gasteiger partial charge in [0.05, 0.1) is 0 Å². The smallest absolute Gasteiger partial charge is 0.406 e. The predicted octanol–water partition coefficient (Wildman–Crippen LogP) is 4.43. The number of hydrogen-bond donors (Lipinski definition) is 1. The number of halogens is 5. The van der Waals surface area contributed by atoms with Crippen LogP contribution in [0.4, 0.5) is 22.0 Å². The van der Waals surface area contributed by atoms with Crippen LogP contribution in [0.3, 0.4) is 0 Å². The second-order valence-electron chi connectivity index (χ2n) is 4.63. The molecule has 0 heterocycles. The number of rotatable bonds is 4. The van der Waals surface area contributed by atoms with Gasteiger partial charge in [0, 0.05) is 13.2 Å². The Labute approximate surface area is 124 Å². The molecule has 1 aromatic carbocycles. The zero-order chi connectivity index (χ0) is 17.1. The Morgan fingerprint density at radius 3 is 2.36 bits per heavy atom. The van der Waals surface area contributed by atoms with Gasteiger partial charge in [-0.1, -0.05) is 6.07 Å². The fraction of sp³-hybridized carbons (Fsp3) is 0.357. The van der Waals surface area contributed by atoms with Gasteiger partial charge >= 0.3 is 6.36 Å². The number of amidine groups is 1. The Balaban J connectivity index is 3.00. The molecular formula is C14H15F5N2O. The second-order valence-corrected chi connectivity index (χ2v) is 4.63. The van der Waals surface area contributed by atoms with Crippen molar-refractivity contribution in [3.8, 4) is 5.75 Å². The first-order valence-corrected chi connectivity index (χ1v) is 6.16. The molecule has 8 heteroatoms. The molecule has 3 nitrogen and oxygen atoms in total. The van der Waals surface area contributed by atoms with Crippen molar-refractivity contribution < 1.29 is 26.7 Å². The standard InChI is InChI=1S/C14H15F5N2O/c1-8-6-10(22-14(17,18)19)4-5-11(8)9(2)7-21(3)13(20)12(15)16/h4-7,12,20H,1-3H3/b9-7+,20-13?. The summed E-state index contributed by atoms with van der Waals surface area (Å²) in [6.45, 7) is 3.19. The molecule has 0 spiro atoms. The van der Waals surface area contributed by atoms with Gasteiger partial charge in [-0.15, -0.1) is 13.2 Å². The third kappa shape index (κ3) is 5.01. The van der Waals surface area contributed by atoms with Gasteiger partial charge in [-0.25, -0.2) is 8.78 Å². The third-order valence-electron chi connectivity index (χ3n) is 2.83. The van der Waals surface area contributed by atoms with E-state index >= 15 is 0 Å². The van der Waals surface area contributed by atoms with E-state index in [1.165, 1.54) is 25.4 Å². The average molecular weight is 322 g/mol. The van der Waals surface area contributed by atoms with Gasteiger partial charge in [-0.05, 0) is 42.7 Å². The first-order chi connectivity index (χ1) is 10.0. The number of allylic oxidation sites excluding steroid dienone is 1. The number of ether oxygens (including phenoxy) is 1. The van der Waals surface area contributed by atoms with Gasteiger partial charge in [-0.3, -0.25) is 5.41 Å². The maximum Gasteiger partial charge on any atom is 0.573 e. The van der Waals surface area contributed by atoms with Gasteiger partial charge in [0.25, 0.3) is 6.43 Å². The Kier molecular flexibility index (Phi) is 5.51. The summed E-state index contributed by atoms with van der Waals surface area (Å²) >= 11 is 0. The van der Waals surface area contributed by atoms with Crippen LogP contribution in [-0.4, -0.2) is 30.6 Å². The number of nitrogens with zero attached hydrogens (tertiary/aromatic N) is 1. The number of hydrogen-bond acceptors (Lipinski definition) is 2. The number of nitrogens with one attached hydrogen (secondary N) is 1. The third-order valence-corrected chi connectivity index (χ3v) is 2.83. The monoisotopic (exact) mass is 322 g/mol. The Hall–Kier alpha value is -2.12. The zero-order valence-electron chi connectivity index (χ0n) is 12.1. The number of alkyl halides is 5. The Morgan fingerprint density at radius 1 is 1.32 bits per heavy atom. The Morgan fingerprint density at radius 2 is 1.91 bits per heavy atom. The highest BCUT2D eigenvalue weighted by atomic mass is 19.4. The zero-order valence-corrected chi connectivity index (χ0v) is 12.1. The largest absolute Gasteiger partial charge is 0.573 e. The van der Waals surface area contributed by atoms with Crippen LogP contribution >= 0.6 is 0 Å². The van der Waals surface area contributed by atoms with Crippen molar-refractivity contribution in [2.24, 2.45) is 0 Å². The lowest BCUT2D eigenvalue weighted by molar-refractivity contribution is -0.274. The molecule has 0 aliphatic carbocycles.